The number of hydrogen-bond donors (Lipinski definition) is 2. The van der Waals surface area contributed by atoms with Crippen molar-refractivity contribution in [1.82, 2.24) is 5.32 Å². The van der Waals surface area contributed by atoms with Gasteiger partial charge in [0.05, 0.1) is 37.3 Å². The van der Waals surface area contributed by atoms with Crippen LogP contribution in [0.15, 0.2) is 54.6 Å². The van der Waals surface area contributed by atoms with Gasteiger partial charge in [0.25, 0.3) is 5.91 Å². The van der Waals surface area contributed by atoms with Crippen molar-refractivity contribution >= 4 is 22.2 Å². The summed E-state index contributed by atoms with van der Waals surface area (Å²) in [6, 6.07) is 17.2. The van der Waals surface area contributed by atoms with Crippen molar-refractivity contribution in [3.63, 3.8) is 0 Å². The summed E-state index contributed by atoms with van der Waals surface area (Å²) in [5.41, 5.74) is 2.08. The maximum Gasteiger partial charge on any atom is 0.261 e. The lowest BCUT2D eigenvalue weighted by Crippen LogP contribution is -2.36. The van der Waals surface area contributed by atoms with E-state index in [2.05, 4.69) is 10.2 Å². The number of rotatable bonds is 10. The fourth-order valence-corrected chi connectivity index (χ4v) is 4.96. The number of amides is 1. The fourth-order valence-electron chi connectivity index (χ4n) is 3.81. The Morgan fingerprint density at radius 2 is 1.77 bits per heavy atom. The molecular formula is C26H30N2O6S. The number of carbonyl (C=O) groups excluding carboxylic acids is 1. The highest BCUT2D eigenvalue weighted by molar-refractivity contribution is 7.18. The van der Waals surface area contributed by atoms with Gasteiger partial charge < -0.3 is 34.3 Å². The summed E-state index contributed by atoms with van der Waals surface area (Å²) in [5, 5.41) is 14.3. The summed E-state index contributed by atoms with van der Waals surface area (Å²) in [6.07, 6.45) is -0.916. The quantitative estimate of drug-likeness (QED) is 0.443. The molecule has 1 aromatic heterocycles. The number of anilines is 1. The first-order chi connectivity index (χ1) is 17.1. The standard InChI is InChI=1S/C26H30N2O6S/c1-31-21-9-6-10-22(32-2)24(21)34-17-19(29)16-27-25(30)23-15-20(18-7-4-3-5-8-18)26(35-23)28-11-13-33-14-12-28/h3-10,15,19,29H,11-14,16-17H2,1-2H3,(H,27,30). The van der Waals surface area contributed by atoms with Crippen LogP contribution in [0.1, 0.15) is 9.67 Å². The molecule has 1 aliphatic heterocycles. The molecule has 35 heavy (non-hydrogen) atoms. The van der Waals surface area contributed by atoms with Crippen molar-refractivity contribution < 1.29 is 28.8 Å². The third kappa shape index (κ3) is 6.05. The number of carbonyl (C=O) groups is 1. The van der Waals surface area contributed by atoms with E-state index in [1.54, 1.807) is 18.2 Å². The lowest BCUT2D eigenvalue weighted by Gasteiger charge is -2.28. The zero-order chi connectivity index (χ0) is 24.6. The van der Waals surface area contributed by atoms with Crippen LogP contribution in [0.5, 0.6) is 17.2 Å². The number of morpholine rings is 1. The Kier molecular flexibility index (Phi) is 8.46. The topological polar surface area (TPSA) is 89.5 Å². The van der Waals surface area contributed by atoms with E-state index in [4.69, 9.17) is 18.9 Å². The molecule has 186 valence electrons. The third-order valence-electron chi connectivity index (χ3n) is 5.62. The Labute approximate surface area is 209 Å². The molecule has 0 saturated carbocycles. The molecule has 1 aliphatic rings. The summed E-state index contributed by atoms with van der Waals surface area (Å²) in [7, 11) is 3.07. The highest BCUT2D eigenvalue weighted by Crippen LogP contribution is 2.39. The van der Waals surface area contributed by atoms with E-state index in [-0.39, 0.29) is 19.1 Å². The van der Waals surface area contributed by atoms with Gasteiger partial charge >= 0.3 is 0 Å². The first kappa shape index (κ1) is 24.8. The molecule has 4 rings (SSSR count). The Balaban J connectivity index is 1.41. The summed E-state index contributed by atoms with van der Waals surface area (Å²) >= 11 is 1.45. The summed E-state index contributed by atoms with van der Waals surface area (Å²) in [5.74, 6) is 1.18. The predicted octanol–water partition coefficient (Wildman–Crippen LogP) is 3.44. The molecule has 2 heterocycles. The molecular weight excluding hydrogens is 468 g/mol. The van der Waals surface area contributed by atoms with Gasteiger partial charge in [-0.25, -0.2) is 0 Å². The van der Waals surface area contributed by atoms with Gasteiger partial charge in [-0.1, -0.05) is 36.4 Å². The number of thiophene rings is 1. The maximum absolute atomic E-state index is 13.0. The second-order valence-corrected chi connectivity index (χ2v) is 8.99. The average molecular weight is 499 g/mol. The Bertz CT molecular complexity index is 1090. The number of methoxy groups -OCH3 is 2. The first-order valence-electron chi connectivity index (χ1n) is 11.4. The summed E-state index contributed by atoms with van der Waals surface area (Å²) in [6.45, 7) is 2.90. The van der Waals surface area contributed by atoms with E-state index in [9.17, 15) is 9.90 Å². The van der Waals surface area contributed by atoms with Gasteiger partial charge in [-0.2, -0.15) is 0 Å². The molecule has 1 fully saturated rings. The van der Waals surface area contributed by atoms with E-state index in [0.29, 0.717) is 35.3 Å². The van der Waals surface area contributed by atoms with Gasteiger partial charge in [-0.3, -0.25) is 4.79 Å². The molecule has 0 aliphatic carbocycles. The largest absolute Gasteiger partial charge is 0.493 e. The van der Waals surface area contributed by atoms with E-state index >= 15 is 0 Å². The number of nitrogens with one attached hydrogen (secondary N) is 1. The molecule has 0 radical (unpaired) electrons. The number of para-hydroxylation sites is 1. The molecule has 1 amide bonds. The van der Waals surface area contributed by atoms with Crippen LogP contribution in [0.3, 0.4) is 0 Å². The second-order valence-electron chi connectivity index (χ2n) is 7.96. The van der Waals surface area contributed by atoms with Crippen LogP contribution < -0.4 is 24.4 Å². The number of nitrogens with zero attached hydrogens (tertiary/aromatic N) is 1. The molecule has 3 aromatic rings. The van der Waals surface area contributed by atoms with E-state index in [1.165, 1.54) is 25.6 Å². The Hall–Kier alpha value is -3.27. The molecule has 2 aromatic carbocycles. The smallest absolute Gasteiger partial charge is 0.261 e. The Morgan fingerprint density at radius 1 is 1.09 bits per heavy atom. The Morgan fingerprint density at radius 3 is 2.43 bits per heavy atom. The first-order valence-corrected chi connectivity index (χ1v) is 12.2. The molecule has 2 N–H and O–H groups in total. The minimum absolute atomic E-state index is 0.0320. The lowest BCUT2D eigenvalue weighted by molar-refractivity contribution is 0.0836. The van der Waals surface area contributed by atoms with Crippen molar-refractivity contribution in [2.45, 2.75) is 6.10 Å². The average Bonchev–Trinajstić information content (AvgIpc) is 3.37. The van der Waals surface area contributed by atoms with Gasteiger partial charge in [-0.05, 0) is 23.8 Å². The highest BCUT2D eigenvalue weighted by atomic mass is 32.1. The van der Waals surface area contributed by atoms with Crippen molar-refractivity contribution in [2.75, 3.05) is 58.6 Å². The van der Waals surface area contributed by atoms with Crippen LogP contribution in [0, 0.1) is 0 Å². The van der Waals surface area contributed by atoms with Crippen molar-refractivity contribution in [2.24, 2.45) is 0 Å². The van der Waals surface area contributed by atoms with Gasteiger partial charge in [-0.15, -0.1) is 11.3 Å². The normalized spacial score (nSPS) is 14.3. The van der Waals surface area contributed by atoms with E-state index < -0.39 is 6.10 Å². The number of aliphatic hydroxyl groups excluding tert-OH is 1. The number of ether oxygens (including phenoxy) is 4. The van der Waals surface area contributed by atoms with Crippen LogP contribution in [0.4, 0.5) is 5.00 Å². The highest BCUT2D eigenvalue weighted by Gasteiger charge is 2.22. The predicted molar refractivity (Wildman–Crippen MR) is 136 cm³/mol. The molecule has 1 unspecified atom stereocenters. The van der Waals surface area contributed by atoms with Crippen molar-refractivity contribution in [3.8, 4) is 28.4 Å². The van der Waals surface area contributed by atoms with Crippen molar-refractivity contribution in [1.29, 1.82) is 0 Å². The monoisotopic (exact) mass is 498 g/mol. The zero-order valence-corrected chi connectivity index (χ0v) is 20.7. The number of hydrogen-bond acceptors (Lipinski definition) is 8. The molecule has 1 atom stereocenters. The fraction of sp³-hybridized carbons (Fsp3) is 0.346. The van der Waals surface area contributed by atoms with Gasteiger partial charge in [0.2, 0.25) is 5.75 Å². The minimum Gasteiger partial charge on any atom is -0.493 e. The second kappa shape index (κ2) is 11.9. The maximum atomic E-state index is 13.0. The number of benzene rings is 2. The number of aliphatic hydroxyl groups is 1. The molecule has 0 bridgehead atoms. The molecule has 1 saturated heterocycles. The van der Waals surface area contributed by atoms with Crippen molar-refractivity contribution in [3.05, 3.63) is 59.5 Å². The van der Waals surface area contributed by atoms with Crippen LogP contribution in [-0.4, -0.2) is 70.8 Å². The molecule has 8 nitrogen and oxygen atoms in total. The SMILES string of the molecule is COc1cccc(OC)c1OCC(O)CNC(=O)c1cc(-c2ccccc2)c(N2CCOCC2)s1. The minimum atomic E-state index is -0.916. The van der Waals surface area contributed by atoms with Crippen LogP contribution in [-0.2, 0) is 4.74 Å². The third-order valence-corrected chi connectivity index (χ3v) is 6.81. The van der Waals surface area contributed by atoms with E-state index in [1.807, 2.05) is 36.4 Å². The van der Waals surface area contributed by atoms with Gasteiger partial charge in [0.1, 0.15) is 12.7 Å². The summed E-state index contributed by atoms with van der Waals surface area (Å²) in [4.78, 5) is 15.8. The van der Waals surface area contributed by atoms with Gasteiger partial charge in [0, 0.05) is 25.2 Å². The van der Waals surface area contributed by atoms with Crippen LogP contribution in [0.2, 0.25) is 0 Å². The van der Waals surface area contributed by atoms with Crippen LogP contribution in [0.25, 0.3) is 11.1 Å². The van der Waals surface area contributed by atoms with Crippen LogP contribution >= 0.6 is 11.3 Å². The lowest BCUT2D eigenvalue weighted by atomic mass is 10.1. The molecule has 0 spiro atoms. The van der Waals surface area contributed by atoms with Gasteiger partial charge in [0.15, 0.2) is 11.5 Å². The van der Waals surface area contributed by atoms with E-state index in [0.717, 1.165) is 29.2 Å². The zero-order valence-electron chi connectivity index (χ0n) is 19.9. The molecule has 9 heteroatoms. The summed E-state index contributed by atoms with van der Waals surface area (Å²) < 4.78 is 21.9.